The van der Waals surface area contributed by atoms with E-state index in [0.29, 0.717) is 25.2 Å². The van der Waals surface area contributed by atoms with Crippen LogP contribution >= 0.6 is 0 Å². The Hall–Kier alpha value is -3.07. The molecule has 3 heteroatoms. The summed E-state index contributed by atoms with van der Waals surface area (Å²) in [5, 5.41) is 0. The predicted molar refractivity (Wildman–Crippen MR) is 101 cm³/mol. The number of hydrogen-bond donors (Lipinski definition) is 0. The van der Waals surface area contributed by atoms with Crippen LogP contribution in [0.3, 0.4) is 0 Å². The lowest BCUT2D eigenvalue weighted by Gasteiger charge is -2.16. The van der Waals surface area contributed by atoms with Gasteiger partial charge in [-0.15, -0.1) is 0 Å². The average molecular weight is 344 g/mol. The van der Waals surface area contributed by atoms with Crippen LogP contribution < -0.4 is 9.47 Å². The van der Waals surface area contributed by atoms with Crippen molar-refractivity contribution in [2.24, 2.45) is 0 Å². The van der Waals surface area contributed by atoms with E-state index >= 15 is 0 Å². The molecule has 0 aliphatic heterocycles. The van der Waals surface area contributed by atoms with Crippen molar-refractivity contribution >= 4 is 5.78 Å². The van der Waals surface area contributed by atoms with E-state index in [1.807, 2.05) is 66.7 Å². The van der Waals surface area contributed by atoms with Crippen LogP contribution in [-0.2, 0) is 24.2 Å². The molecule has 0 amide bonds. The van der Waals surface area contributed by atoms with Crippen molar-refractivity contribution in [2.75, 3.05) is 0 Å². The maximum Gasteiger partial charge on any atom is 0.137 e. The Bertz CT molecular complexity index is 898. The lowest BCUT2D eigenvalue weighted by molar-refractivity contribution is -0.118. The Morgan fingerprint density at radius 3 is 2.27 bits per heavy atom. The molecule has 0 radical (unpaired) electrons. The number of rotatable bonds is 5. The summed E-state index contributed by atoms with van der Waals surface area (Å²) < 4.78 is 11.7. The van der Waals surface area contributed by atoms with E-state index in [-0.39, 0.29) is 0 Å². The number of aryl methyl sites for hydroxylation is 1. The van der Waals surface area contributed by atoms with Crippen LogP contribution in [-0.4, -0.2) is 5.78 Å². The standard InChI is InChI=1S/C23H20O3/c24-20-8-6-18-7-9-23(15-19(18)14-20)26-22-12-10-21(11-13-22)25-16-17-4-2-1-3-5-17/h1-5,7,9-13,15H,6,8,14,16H2. The third kappa shape index (κ3) is 3.94. The van der Waals surface area contributed by atoms with Crippen LogP contribution in [0.5, 0.6) is 17.2 Å². The van der Waals surface area contributed by atoms with Crippen LogP contribution in [0.25, 0.3) is 0 Å². The molecule has 0 N–H and O–H groups in total. The fourth-order valence-corrected chi connectivity index (χ4v) is 3.13. The smallest absolute Gasteiger partial charge is 0.137 e. The van der Waals surface area contributed by atoms with E-state index in [0.717, 1.165) is 34.8 Å². The minimum atomic E-state index is 0.301. The summed E-state index contributed by atoms with van der Waals surface area (Å²) in [4.78, 5) is 11.6. The Morgan fingerprint density at radius 1 is 0.731 bits per heavy atom. The van der Waals surface area contributed by atoms with Gasteiger partial charge in [0.05, 0.1) is 0 Å². The summed E-state index contributed by atoms with van der Waals surface area (Å²) in [6.45, 7) is 0.542. The summed E-state index contributed by atoms with van der Waals surface area (Å²) in [5.74, 6) is 2.61. The molecule has 3 aromatic carbocycles. The second kappa shape index (κ2) is 7.44. The Kier molecular flexibility index (Phi) is 4.69. The molecule has 0 saturated carbocycles. The highest BCUT2D eigenvalue weighted by Crippen LogP contribution is 2.28. The maximum absolute atomic E-state index is 11.6. The number of hydrogen-bond acceptors (Lipinski definition) is 3. The number of ketones is 1. The molecule has 3 nitrogen and oxygen atoms in total. The van der Waals surface area contributed by atoms with Gasteiger partial charge in [0.1, 0.15) is 29.6 Å². The molecule has 0 spiro atoms. The van der Waals surface area contributed by atoms with E-state index in [4.69, 9.17) is 9.47 Å². The lowest BCUT2D eigenvalue weighted by Crippen LogP contribution is -2.12. The Morgan fingerprint density at radius 2 is 1.46 bits per heavy atom. The van der Waals surface area contributed by atoms with Gasteiger partial charge in [0, 0.05) is 12.8 Å². The van der Waals surface area contributed by atoms with Crippen LogP contribution in [0.1, 0.15) is 23.1 Å². The number of Topliss-reactive ketones (excluding diaryl/α,β-unsaturated/α-hetero) is 1. The normalized spacial score (nSPS) is 13.2. The highest BCUT2D eigenvalue weighted by molar-refractivity contribution is 5.83. The van der Waals surface area contributed by atoms with Gasteiger partial charge in [-0.1, -0.05) is 36.4 Å². The number of carbonyl (C=O) groups is 1. The Balaban J connectivity index is 1.40. The second-order valence-electron chi connectivity index (χ2n) is 6.49. The molecular weight excluding hydrogens is 324 g/mol. The third-order valence-corrected chi connectivity index (χ3v) is 4.55. The van der Waals surface area contributed by atoms with Crippen LogP contribution in [0.2, 0.25) is 0 Å². The minimum absolute atomic E-state index is 0.301. The number of fused-ring (bicyclic) bond motifs is 1. The van der Waals surface area contributed by atoms with Crippen LogP contribution in [0, 0.1) is 0 Å². The SMILES string of the molecule is O=C1CCc2ccc(Oc3ccc(OCc4ccccc4)cc3)cc2C1. The molecular formula is C23H20O3. The van der Waals surface area contributed by atoms with Crippen LogP contribution in [0.15, 0.2) is 72.8 Å². The van der Waals surface area contributed by atoms with Crippen molar-refractivity contribution in [3.05, 3.63) is 89.5 Å². The van der Waals surface area contributed by atoms with E-state index in [1.54, 1.807) is 0 Å². The first kappa shape index (κ1) is 16.4. The highest BCUT2D eigenvalue weighted by atomic mass is 16.5. The molecule has 0 heterocycles. The molecule has 0 unspecified atom stereocenters. The van der Waals surface area contributed by atoms with Crippen molar-refractivity contribution in [2.45, 2.75) is 25.9 Å². The topological polar surface area (TPSA) is 35.5 Å². The van der Waals surface area contributed by atoms with Crippen molar-refractivity contribution < 1.29 is 14.3 Å². The molecule has 26 heavy (non-hydrogen) atoms. The fourth-order valence-electron chi connectivity index (χ4n) is 3.13. The third-order valence-electron chi connectivity index (χ3n) is 4.55. The first-order chi connectivity index (χ1) is 12.8. The number of benzene rings is 3. The summed E-state index contributed by atoms with van der Waals surface area (Å²) in [6, 6.07) is 23.7. The molecule has 4 rings (SSSR count). The van der Waals surface area contributed by atoms with Gasteiger partial charge in [0.25, 0.3) is 0 Å². The summed E-state index contributed by atoms with van der Waals surface area (Å²) in [7, 11) is 0. The quantitative estimate of drug-likeness (QED) is 0.645. The maximum atomic E-state index is 11.6. The van der Waals surface area contributed by atoms with Gasteiger partial charge in [-0.3, -0.25) is 4.79 Å². The summed E-state index contributed by atoms with van der Waals surface area (Å²) in [6.07, 6.45) is 2.00. The van der Waals surface area contributed by atoms with Crippen molar-refractivity contribution in [1.82, 2.24) is 0 Å². The summed E-state index contributed by atoms with van der Waals surface area (Å²) >= 11 is 0. The monoisotopic (exact) mass is 344 g/mol. The lowest BCUT2D eigenvalue weighted by atomic mass is 9.91. The highest BCUT2D eigenvalue weighted by Gasteiger charge is 2.16. The van der Waals surface area contributed by atoms with E-state index < -0.39 is 0 Å². The molecule has 1 aliphatic carbocycles. The van der Waals surface area contributed by atoms with Gasteiger partial charge in [-0.2, -0.15) is 0 Å². The molecule has 0 bridgehead atoms. The minimum Gasteiger partial charge on any atom is -0.489 e. The molecule has 3 aromatic rings. The molecule has 0 saturated heterocycles. The van der Waals surface area contributed by atoms with Crippen molar-refractivity contribution in [3.63, 3.8) is 0 Å². The fraction of sp³-hybridized carbons (Fsp3) is 0.174. The molecule has 0 aromatic heterocycles. The average Bonchev–Trinajstić information content (AvgIpc) is 2.68. The predicted octanol–water partition coefficient (Wildman–Crippen LogP) is 5.12. The van der Waals surface area contributed by atoms with Gasteiger partial charge in [-0.25, -0.2) is 0 Å². The molecule has 0 atom stereocenters. The Labute approximate surface area is 153 Å². The van der Waals surface area contributed by atoms with Gasteiger partial charge >= 0.3 is 0 Å². The van der Waals surface area contributed by atoms with Gasteiger partial charge in [-0.05, 0) is 59.5 Å². The number of ether oxygens (including phenoxy) is 2. The van der Waals surface area contributed by atoms with Gasteiger partial charge in [0.15, 0.2) is 0 Å². The van der Waals surface area contributed by atoms with Crippen molar-refractivity contribution in [3.8, 4) is 17.2 Å². The zero-order valence-corrected chi connectivity index (χ0v) is 14.5. The largest absolute Gasteiger partial charge is 0.489 e. The molecule has 130 valence electrons. The first-order valence-electron chi connectivity index (χ1n) is 8.84. The first-order valence-corrected chi connectivity index (χ1v) is 8.84. The number of carbonyl (C=O) groups excluding carboxylic acids is 1. The summed E-state index contributed by atoms with van der Waals surface area (Å²) in [5.41, 5.74) is 3.47. The van der Waals surface area contributed by atoms with E-state index in [2.05, 4.69) is 6.07 Å². The molecule has 1 aliphatic rings. The zero-order chi connectivity index (χ0) is 17.8. The van der Waals surface area contributed by atoms with Crippen LogP contribution in [0.4, 0.5) is 0 Å². The van der Waals surface area contributed by atoms with Gasteiger partial charge in [0.2, 0.25) is 0 Å². The van der Waals surface area contributed by atoms with Crippen molar-refractivity contribution in [1.29, 1.82) is 0 Å². The second-order valence-corrected chi connectivity index (χ2v) is 6.49. The van der Waals surface area contributed by atoms with Gasteiger partial charge < -0.3 is 9.47 Å². The van der Waals surface area contributed by atoms with E-state index in [9.17, 15) is 4.79 Å². The molecule has 0 fully saturated rings. The zero-order valence-electron chi connectivity index (χ0n) is 14.5. The van der Waals surface area contributed by atoms with E-state index in [1.165, 1.54) is 5.56 Å².